The summed E-state index contributed by atoms with van der Waals surface area (Å²) in [5, 5.41) is 0.126. The third-order valence-corrected chi connectivity index (χ3v) is 2.53. The van der Waals surface area contributed by atoms with E-state index in [9.17, 15) is 4.79 Å². The zero-order valence-electron chi connectivity index (χ0n) is 9.70. The van der Waals surface area contributed by atoms with E-state index in [-0.39, 0.29) is 16.7 Å². The van der Waals surface area contributed by atoms with Gasteiger partial charge in [-0.15, -0.1) is 0 Å². The first-order valence-corrected chi connectivity index (χ1v) is 5.51. The monoisotopic (exact) mass is 258 g/mol. The van der Waals surface area contributed by atoms with E-state index in [0.717, 1.165) is 0 Å². The van der Waals surface area contributed by atoms with E-state index in [1.54, 1.807) is 0 Å². The van der Waals surface area contributed by atoms with Gasteiger partial charge in [-0.1, -0.05) is 11.6 Å². The molecule has 0 aliphatic rings. The first-order chi connectivity index (χ1) is 8.04. The molecule has 0 unspecified atom stereocenters. The van der Waals surface area contributed by atoms with Crippen LogP contribution in [0.5, 0.6) is 0 Å². The molecule has 0 aromatic carbocycles. The van der Waals surface area contributed by atoms with E-state index in [2.05, 4.69) is 9.97 Å². The lowest BCUT2D eigenvalue weighted by molar-refractivity contribution is 0.0949. The highest BCUT2D eigenvalue weighted by atomic mass is 35.5. The van der Waals surface area contributed by atoms with Crippen molar-refractivity contribution >= 4 is 29.1 Å². The first-order valence-electron chi connectivity index (χ1n) is 5.14. The minimum absolute atomic E-state index is 0.000694. The van der Waals surface area contributed by atoms with Crippen LogP contribution in [0.2, 0.25) is 5.15 Å². The second kappa shape index (κ2) is 5.65. The molecule has 0 atom stereocenters. The molecule has 0 saturated carbocycles. The van der Waals surface area contributed by atoms with Crippen LogP contribution in [0.3, 0.4) is 0 Å². The number of hydrogen-bond donors (Lipinski definition) is 3. The highest BCUT2D eigenvalue weighted by Gasteiger charge is 2.18. The number of hydrazine groups is 1. The average molecular weight is 259 g/mol. The summed E-state index contributed by atoms with van der Waals surface area (Å²) in [5.41, 5.74) is 7.50. The molecule has 1 heterocycles. The predicted molar refractivity (Wildman–Crippen MR) is 66.7 cm³/mol. The summed E-state index contributed by atoms with van der Waals surface area (Å²) in [4.78, 5) is 21.2. The Morgan fingerprint density at radius 2 is 2.00 bits per heavy atom. The first kappa shape index (κ1) is 13.5. The molecular formula is C9H15ClN6O. The summed E-state index contributed by atoms with van der Waals surface area (Å²) in [6.07, 6.45) is 0. The molecule has 0 spiro atoms. The SMILES string of the molecule is CCN(CC)c1nc(N)c(C(=O)NN)nc1Cl. The Kier molecular flexibility index (Phi) is 4.47. The molecule has 0 bridgehead atoms. The van der Waals surface area contributed by atoms with Crippen LogP contribution < -0.4 is 21.9 Å². The lowest BCUT2D eigenvalue weighted by Gasteiger charge is -2.21. The van der Waals surface area contributed by atoms with Gasteiger partial charge in [0.05, 0.1) is 0 Å². The fourth-order valence-corrected chi connectivity index (χ4v) is 1.62. The largest absolute Gasteiger partial charge is 0.382 e. The van der Waals surface area contributed by atoms with E-state index >= 15 is 0 Å². The molecule has 0 saturated heterocycles. The van der Waals surface area contributed by atoms with Crippen LogP contribution in [0.4, 0.5) is 11.6 Å². The highest BCUT2D eigenvalue weighted by molar-refractivity contribution is 6.32. The van der Waals surface area contributed by atoms with Crippen molar-refractivity contribution < 1.29 is 4.79 Å². The Labute approximate surface area is 104 Å². The number of nitrogens with zero attached hydrogens (tertiary/aromatic N) is 3. The molecule has 0 aliphatic heterocycles. The summed E-state index contributed by atoms with van der Waals surface area (Å²) in [6.45, 7) is 5.34. The minimum Gasteiger partial charge on any atom is -0.382 e. The molecule has 7 nitrogen and oxygen atoms in total. The topological polar surface area (TPSA) is 110 Å². The maximum atomic E-state index is 11.3. The maximum absolute atomic E-state index is 11.3. The summed E-state index contributed by atoms with van der Waals surface area (Å²) < 4.78 is 0. The van der Waals surface area contributed by atoms with Crippen molar-refractivity contribution in [1.82, 2.24) is 15.4 Å². The molecule has 0 radical (unpaired) electrons. The third kappa shape index (κ3) is 2.75. The zero-order valence-corrected chi connectivity index (χ0v) is 10.5. The van der Waals surface area contributed by atoms with Gasteiger partial charge in [-0.3, -0.25) is 10.2 Å². The van der Waals surface area contributed by atoms with Gasteiger partial charge in [0.2, 0.25) is 0 Å². The Bertz CT molecular complexity index is 420. The van der Waals surface area contributed by atoms with E-state index in [1.165, 1.54) is 0 Å². The van der Waals surface area contributed by atoms with Crippen LogP contribution in [-0.4, -0.2) is 29.0 Å². The quantitative estimate of drug-likeness (QED) is 0.403. The van der Waals surface area contributed by atoms with Crippen LogP contribution in [0.25, 0.3) is 0 Å². The number of carbonyl (C=O) groups is 1. The van der Waals surface area contributed by atoms with Gasteiger partial charge in [-0.25, -0.2) is 15.8 Å². The number of amides is 1. The molecule has 94 valence electrons. The van der Waals surface area contributed by atoms with Crippen LogP contribution in [0.1, 0.15) is 24.3 Å². The van der Waals surface area contributed by atoms with Crippen LogP contribution in [0, 0.1) is 0 Å². The van der Waals surface area contributed by atoms with Crippen molar-refractivity contribution in [3.8, 4) is 0 Å². The molecule has 17 heavy (non-hydrogen) atoms. The van der Waals surface area contributed by atoms with E-state index in [4.69, 9.17) is 23.2 Å². The third-order valence-electron chi connectivity index (χ3n) is 2.27. The number of carbonyl (C=O) groups excluding carboxylic acids is 1. The molecule has 1 amide bonds. The van der Waals surface area contributed by atoms with E-state index in [0.29, 0.717) is 18.9 Å². The number of hydrogen-bond acceptors (Lipinski definition) is 6. The fourth-order valence-electron chi connectivity index (χ4n) is 1.38. The van der Waals surface area contributed by atoms with Gasteiger partial charge in [0, 0.05) is 13.1 Å². The Balaban J connectivity index is 3.22. The molecular weight excluding hydrogens is 244 g/mol. The van der Waals surface area contributed by atoms with Crippen LogP contribution in [0.15, 0.2) is 0 Å². The number of rotatable bonds is 4. The van der Waals surface area contributed by atoms with Gasteiger partial charge in [-0.05, 0) is 13.8 Å². The van der Waals surface area contributed by atoms with Crippen molar-refractivity contribution in [2.45, 2.75) is 13.8 Å². The molecule has 1 rings (SSSR count). The number of nitrogen functional groups attached to an aromatic ring is 2. The number of aromatic nitrogens is 2. The van der Waals surface area contributed by atoms with Crippen molar-refractivity contribution in [2.75, 3.05) is 23.7 Å². The summed E-state index contributed by atoms with van der Waals surface area (Å²) in [6, 6.07) is 0. The van der Waals surface area contributed by atoms with E-state index < -0.39 is 5.91 Å². The average Bonchev–Trinajstić information content (AvgIpc) is 2.33. The van der Waals surface area contributed by atoms with Crippen molar-refractivity contribution in [1.29, 1.82) is 0 Å². The Hall–Kier alpha value is -1.60. The van der Waals surface area contributed by atoms with Crippen molar-refractivity contribution in [3.63, 3.8) is 0 Å². The lowest BCUT2D eigenvalue weighted by Crippen LogP contribution is -2.32. The normalized spacial score (nSPS) is 10.1. The second-order valence-corrected chi connectivity index (χ2v) is 3.58. The minimum atomic E-state index is -0.622. The smallest absolute Gasteiger partial charge is 0.287 e. The van der Waals surface area contributed by atoms with Gasteiger partial charge in [0.1, 0.15) is 0 Å². The van der Waals surface area contributed by atoms with Crippen LogP contribution in [-0.2, 0) is 0 Å². The highest BCUT2D eigenvalue weighted by Crippen LogP contribution is 2.23. The van der Waals surface area contributed by atoms with Gasteiger partial charge >= 0.3 is 0 Å². The molecule has 1 aromatic rings. The van der Waals surface area contributed by atoms with Gasteiger partial charge in [0.15, 0.2) is 22.5 Å². The molecule has 0 aliphatic carbocycles. The predicted octanol–water partition coefficient (Wildman–Crippen LogP) is 0.162. The molecule has 5 N–H and O–H groups in total. The van der Waals surface area contributed by atoms with Crippen molar-refractivity contribution in [3.05, 3.63) is 10.8 Å². The summed E-state index contributed by atoms with van der Waals surface area (Å²) >= 11 is 5.96. The van der Waals surface area contributed by atoms with Gasteiger partial charge in [-0.2, -0.15) is 0 Å². The Morgan fingerprint density at radius 3 is 2.47 bits per heavy atom. The zero-order chi connectivity index (χ0) is 13.0. The molecule has 0 fully saturated rings. The number of anilines is 2. The standard InChI is InChI=1S/C9H15ClN6O/c1-3-16(4-2)8-6(10)13-5(7(11)14-8)9(17)15-12/h3-4,12H2,1-2H3,(H2,11,14)(H,15,17). The Morgan fingerprint density at radius 1 is 1.41 bits per heavy atom. The number of halogens is 1. The van der Waals surface area contributed by atoms with Gasteiger partial charge < -0.3 is 10.6 Å². The molecule has 8 heteroatoms. The van der Waals surface area contributed by atoms with E-state index in [1.807, 2.05) is 24.2 Å². The number of nitrogens with two attached hydrogens (primary N) is 2. The maximum Gasteiger partial charge on any atom is 0.287 e. The number of nitrogens with one attached hydrogen (secondary N) is 1. The van der Waals surface area contributed by atoms with Gasteiger partial charge in [0.25, 0.3) is 5.91 Å². The lowest BCUT2D eigenvalue weighted by atomic mass is 10.4. The summed E-state index contributed by atoms with van der Waals surface area (Å²) in [7, 11) is 0. The fraction of sp³-hybridized carbons (Fsp3) is 0.444. The summed E-state index contributed by atoms with van der Waals surface area (Å²) in [5.74, 6) is 4.83. The molecule has 1 aromatic heterocycles. The second-order valence-electron chi connectivity index (χ2n) is 3.22. The van der Waals surface area contributed by atoms with Crippen LogP contribution >= 0.6 is 11.6 Å². The van der Waals surface area contributed by atoms with Crippen molar-refractivity contribution in [2.24, 2.45) is 5.84 Å².